The molecule has 0 rings (SSSR count). The Morgan fingerprint density at radius 2 is 1.17 bits per heavy atom. The van der Waals surface area contributed by atoms with Crippen LogP contribution in [0.2, 0.25) is 0 Å². The molecule has 4 unspecified atom stereocenters. The predicted octanol–water partition coefficient (Wildman–Crippen LogP) is 3.54. The Hall–Kier alpha value is -0.180. The second-order valence-corrected chi connectivity index (χ2v) is 9.59. The van der Waals surface area contributed by atoms with Crippen LogP contribution in [0.15, 0.2) is 0 Å². The van der Waals surface area contributed by atoms with E-state index in [1.165, 1.54) is 0 Å². The van der Waals surface area contributed by atoms with Crippen LogP contribution in [0.25, 0.3) is 0 Å². The molecule has 0 fully saturated rings. The molecule has 0 heterocycles. The van der Waals surface area contributed by atoms with Crippen LogP contribution in [-0.4, -0.2) is 36.4 Å². The Morgan fingerprint density at radius 1 is 0.783 bits per heavy atom. The molecule has 4 atom stereocenters. The lowest BCUT2D eigenvalue weighted by Gasteiger charge is -2.33. The van der Waals surface area contributed by atoms with Crippen LogP contribution in [0.5, 0.6) is 0 Å². The van der Waals surface area contributed by atoms with E-state index in [1.807, 2.05) is 13.8 Å². The summed E-state index contributed by atoms with van der Waals surface area (Å²) in [5, 5.41) is -1.99. The summed E-state index contributed by atoms with van der Waals surface area (Å²) in [6, 6.07) is 0. The zero-order valence-electron chi connectivity index (χ0n) is 14.6. The van der Waals surface area contributed by atoms with Crippen molar-refractivity contribution in [3.05, 3.63) is 0 Å². The summed E-state index contributed by atoms with van der Waals surface area (Å²) in [6.07, 6.45) is 3.86. The first-order chi connectivity index (χ1) is 10.5. The average Bonchev–Trinajstić information content (AvgIpc) is 2.40. The zero-order valence-corrected chi connectivity index (χ0v) is 16.2. The highest BCUT2D eigenvalue weighted by Gasteiger charge is 2.40. The third-order valence-corrected chi connectivity index (χ3v) is 7.44. The summed E-state index contributed by atoms with van der Waals surface area (Å²) in [6.45, 7) is 7.29. The second kappa shape index (κ2) is 9.96. The molecule has 6 nitrogen and oxygen atoms in total. The molecule has 0 radical (unpaired) electrons. The van der Waals surface area contributed by atoms with Gasteiger partial charge in [-0.2, -0.15) is 16.8 Å². The molecule has 140 valence electrons. The molecule has 0 bridgehead atoms. The minimum atomic E-state index is -4.27. The molecule has 0 aliphatic rings. The van der Waals surface area contributed by atoms with Crippen molar-refractivity contribution >= 4 is 20.2 Å². The van der Waals surface area contributed by atoms with E-state index in [4.69, 9.17) is 0 Å². The first-order valence-corrected chi connectivity index (χ1v) is 11.4. The fourth-order valence-electron chi connectivity index (χ4n) is 3.33. The third kappa shape index (κ3) is 7.49. The zero-order chi connectivity index (χ0) is 18.3. The van der Waals surface area contributed by atoms with Crippen LogP contribution in [0.4, 0.5) is 0 Å². The van der Waals surface area contributed by atoms with Crippen LogP contribution in [0, 0.1) is 11.8 Å². The molecule has 0 aromatic rings. The standard InChI is InChI=1S/C15H32O6S2/c1-5-8-10-14(22(16,17)18)12(4)13(7-3)15(11-9-6-2)23(19,20)21/h12-15H,5-11H2,1-4H3,(H,16,17,18)(H,19,20,21). The van der Waals surface area contributed by atoms with Gasteiger partial charge in [0, 0.05) is 0 Å². The van der Waals surface area contributed by atoms with Crippen molar-refractivity contribution in [2.24, 2.45) is 11.8 Å². The van der Waals surface area contributed by atoms with Crippen LogP contribution in [0.3, 0.4) is 0 Å². The van der Waals surface area contributed by atoms with Gasteiger partial charge in [-0.1, -0.05) is 59.8 Å². The Labute approximate surface area is 141 Å². The fraction of sp³-hybridized carbons (Fsp3) is 1.00. The Bertz CT molecular complexity index is 526. The smallest absolute Gasteiger partial charge is 0.268 e. The fourth-order valence-corrected chi connectivity index (χ4v) is 5.88. The van der Waals surface area contributed by atoms with E-state index < -0.39 is 42.6 Å². The highest BCUT2D eigenvalue weighted by molar-refractivity contribution is 7.86. The number of unbranched alkanes of at least 4 members (excludes halogenated alkanes) is 2. The molecule has 0 aliphatic heterocycles. The summed E-state index contributed by atoms with van der Waals surface area (Å²) < 4.78 is 66.1. The maximum Gasteiger partial charge on any atom is 0.268 e. The van der Waals surface area contributed by atoms with E-state index in [1.54, 1.807) is 13.8 Å². The molecule has 0 aromatic heterocycles. The van der Waals surface area contributed by atoms with Gasteiger partial charge in [-0.25, -0.2) is 0 Å². The van der Waals surface area contributed by atoms with E-state index in [-0.39, 0.29) is 0 Å². The van der Waals surface area contributed by atoms with Crippen molar-refractivity contribution in [1.29, 1.82) is 0 Å². The second-order valence-electron chi connectivity index (χ2n) is 6.32. The first-order valence-electron chi connectivity index (χ1n) is 8.43. The molecular weight excluding hydrogens is 340 g/mol. The lowest BCUT2D eigenvalue weighted by molar-refractivity contribution is 0.276. The lowest BCUT2D eigenvalue weighted by atomic mass is 9.83. The molecule has 8 heteroatoms. The molecule has 2 N–H and O–H groups in total. The minimum Gasteiger partial charge on any atom is -0.285 e. The molecule has 23 heavy (non-hydrogen) atoms. The molecule has 0 amide bonds. The van der Waals surface area contributed by atoms with Gasteiger partial charge < -0.3 is 0 Å². The van der Waals surface area contributed by atoms with Crippen LogP contribution in [0.1, 0.15) is 72.6 Å². The van der Waals surface area contributed by atoms with Gasteiger partial charge in [-0.3, -0.25) is 9.11 Å². The largest absolute Gasteiger partial charge is 0.285 e. The highest BCUT2D eigenvalue weighted by atomic mass is 32.2. The summed E-state index contributed by atoms with van der Waals surface area (Å²) in [7, 11) is -8.54. The first kappa shape index (κ1) is 22.8. The SMILES string of the molecule is CCCCC(C(C)C(CC)C(CCCC)S(=O)(=O)O)S(=O)(=O)O. The van der Waals surface area contributed by atoms with Crippen molar-refractivity contribution in [3.8, 4) is 0 Å². The maximum absolute atomic E-state index is 11.8. The molecule has 0 aromatic carbocycles. The third-order valence-electron chi connectivity index (χ3n) is 4.66. The number of hydrogen-bond donors (Lipinski definition) is 2. The van der Waals surface area contributed by atoms with Crippen LogP contribution < -0.4 is 0 Å². The lowest BCUT2D eigenvalue weighted by Crippen LogP contribution is -2.40. The molecule has 0 aliphatic carbocycles. The topological polar surface area (TPSA) is 109 Å². The predicted molar refractivity (Wildman–Crippen MR) is 92.7 cm³/mol. The van der Waals surface area contributed by atoms with Gasteiger partial charge in [0.1, 0.15) is 0 Å². The van der Waals surface area contributed by atoms with Gasteiger partial charge in [0.2, 0.25) is 0 Å². The normalized spacial score (nSPS) is 18.3. The van der Waals surface area contributed by atoms with Crippen molar-refractivity contribution < 1.29 is 25.9 Å². The minimum absolute atomic E-state index is 0.291. The molecule has 0 spiro atoms. The van der Waals surface area contributed by atoms with E-state index in [9.17, 15) is 25.9 Å². The van der Waals surface area contributed by atoms with Crippen LogP contribution in [-0.2, 0) is 20.2 Å². The summed E-state index contributed by atoms with van der Waals surface area (Å²) in [4.78, 5) is 0. The van der Waals surface area contributed by atoms with Crippen molar-refractivity contribution in [1.82, 2.24) is 0 Å². The Balaban J connectivity index is 5.57. The molecule has 0 saturated heterocycles. The molecular formula is C15H32O6S2. The van der Waals surface area contributed by atoms with E-state index in [0.29, 0.717) is 32.1 Å². The monoisotopic (exact) mass is 372 g/mol. The summed E-state index contributed by atoms with van der Waals surface area (Å²) in [5.74, 6) is -1.06. The summed E-state index contributed by atoms with van der Waals surface area (Å²) >= 11 is 0. The maximum atomic E-state index is 11.8. The number of rotatable bonds is 12. The molecule has 0 saturated carbocycles. The average molecular weight is 373 g/mol. The van der Waals surface area contributed by atoms with Crippen molar-refractivity contribution in [2.75, 3.05) is 0 Å². The number of hydrogen-bond acceptors (Lipinski definition) is 4. The van der Waals surface area contributed by atoms with Crippen LogP contribution >= 0.6 is 0 Å². The van der Waals surface area contributed by atoms with Crippen molar-refractivity contribution in [3.63, 3.8) is 0 Å². The van der Waals surface area contributed by atoms with Gasteiger partial charge >= 0.3 is 0 Å². The Kier molecular flexibility index (Phi) is 9.88. The quantitative estimate of drug-likeness (QED) is 0.507. The Morgan fingerprint density at radius 3 is 1.48 bits per heavy atom. The van der Waals surface area contributed by atoms with E-state index in [2.05, 4.69) is 0 Å². The van der Waals surface area contributed by atoms with E-state index >= 15 is 0 Å². The highest BCUT2D eigenvalue weighted by Crippen LogP contribution is 2.34. The van der Waals surface area contributed by atoms with Gasteiger partial charge in [0.15, 0.2) is 0 Å². The summed E-state index contributed by atoms with van der Waals surface area (Å²) in [5.41, 5.74) is 0. The van der Waals surface area contributed by atoms with Gasteiger partial charge in [0.05, 0.1) is 10.5 Å². The van der Waals surface area contributed by atoms with Gasteiger partial charge in [0.25, 0.3) is 20.2 Å². The van der Waals surface area contributed by atoms with Gasteiger partial charge in [-0.05, 0) is 24.7 Å². The van der Waals surface area contributed by atoms with E-state index in [0.717, 1.165) is 12.8 Å². The van der Waals surface area contributed by atoms with Gasteiger partial charge in [-0.15, -0.1) is 0 Å². The van der Waals surface area contributed by atoms with Crippen molar-refractivity contribution in [2.45, 2.75) is 83.1 Å².